The van der Waals surface area contributed by atoms with E-state index in [4.69, 9.17) is 0 Å². The second kappa shape index (κ2) is 4.79. The molecule has 1 N–H and O–H groups in total. The van der Waals surface area contributed by atoms with Crippen molar-refractivity contribution in [2.24, 2.45) is 0 Å². The fourth-order valence-corrected chi connectivity index (χ4v) is 2.43. The minimum absolute atomic E-state index is 0.151. The molecule has 0 spiro atoms. The molecule has 0 bridgehead atoms. The molecule has 2 rings (SSSR count). The highest BCUT2D eigenvalue weighted by atomic mass is 16.4. The number of hydrogen-bond donors (Lipinski definition) is 1. The van der Waals surface area contributed by atoms with Gasteiger partial charge in [-0.15, -0.1) is 0 Å². The molecule has 1 saturated heterocycles. The van der Waals surface area contributed by atoms with Gasteiger partial charge < -0.3 is 10.0 Å². The number of rotatable bonds is 4. The molecule has 0 aliphatic carbocycles. The van der Waals surface area contributed by atoms with Crippen molar-refractivity contribution in [2.75, 3.05) is 6.54 Å². The molecule has 1 unspecified atom stereocenters. The van der Waals surface area contributed by atoms with Crippen LogP contribution in [0.4, 0.5) is 0 Å². The van der Waals surface area contributed by atoms with Gasteiger partial charge in [0.15, 0.2) is 11.3 Å². The van der Waals surface area contributed by atoms with E-state index < -0.39 is 17.4 Å². The first-order valence-electron chi connectivity index (χ1n) is 5.99. The monoisotopic (exact) mass is 262 g/mol. The summed E-state index contributed by atoms with van der Waals surface area (Å²) in [5.41, 5.74) is -1.29. The molecule has 1 aliphatic rings. The lowest BCUT2D eigenvalue weighted by Gasteiger charge is -2.36. The number of carbonyl (C=O) groups excluding carboxylic acids is 2. The van der Waals surface area contributed by atoms with Crippen molar-refractivity contribution in [3.8, 4) is 0 Å². The van der Waals surface area contributed by atoms with Crippen LogP contribution in [-0.2, 0) is 19.9 Å². The number of pyridine rings is 1. The Morgan fingerprint density at radius 2 is 2.21 bits per heavy atom. The molecule has 1 fully saturated rings. The van der Waals surface area contributed by atoms with Crippen LogP contribution in [0.5, 0.6) is 0 Å². The Balaban J connectivity index is 2.55. The summed E-state index contributed by atoms with van der Waals surface area (Å²) >= 11 is 0. The van der Waals surface area contributed by atoms with Gasteiger partial charge in [0.05, 0.1) is 18.7 Å². The number of aromatic nitrogens is 1. The Morgan fingerprint density at radius 1 is 1.47 bits per heavy atom. The van der Waals surface area contributed by atoms with E-state index in [2.05, 4.69) is 4.98 Å². The number of ketones is 1. The predicted molar refractivity (Wildman–Crippen MR) is 65.2 cm³/mol. The number of carbonyl (C=O) groups is 3. The second-order valence-electron chi connectivity index (χ2n) is 4.43. The van der Waals surface area contributed by atoms with Crippen molar-refractivity contribution in [1.29, 1.82) is 0 Å². The molecule has 19 heavy (non-hydrogen) atoms. The third-order valence-corrected chi connectivity index (χ3v) is 3.40. The minimum atomic E-state index is -1.56. The van der Waals surface area contributed by atoms with E-state index in [0.29, 0.717) is 0 Å². The number of Topliss-reactive ketones (excluding diaryl/α,β-unsaturated/α-hetero) is 1. The van der Waals surface area contributed by atoms with Crippen LogP contribution in [0.2, 0.25) is 0 Å². The summed E-state index contributed by atoms with van der Waals surface area (Å²) in [6.45, 7) is 1.49. The summed E-state index contributed by atoms with van der Waals surface area (Å²) in [6, 6.07) is 4.90. The fraction of sp³-hybridized carbons (Fsp3) is 0.385. The van der Waals surface area contributed by atoms with Gasteiger partial charge >= 0.3 is 5.97 Å². The smallest absolute Gasteiger partial charge is 0.335 e. The number of aliphatic carboxylic acids is 1. The lowest BCUT2D eigenvalue weighted by Crippen LogP contribution is -2.53. The maximum Gasteiger partial charge on any atom is 0.335 e. The number of hydrogen-bond acceptors (Lipinski definition) is 4. The molecular formula is C13H14N2O4. The summed E-state index contributed by atoms with van der Waals surface area (Å²) in [6.07, 6.45) is 1.39. The zero-order valence-electron chi connectivity index (χ0n) is 10.5. The third kappa shape index (κ3) is 1.99. The van der Waals surface area contributed by atoms with Crippen molar-refractivity contribution in [3.63, 3.8) is 0 Å². The zero-order chi connectivity index (χ0) is 14.0. The van der Waals surface area contributed by atoms with Crippen LogP contribution in [-0.4, -0.2) is 39.2 Å². The molecule has 1 aromatic rings. The Labute approximate surface area is 110 Å². The largest absolute Gasteiger partial charge is 0.479 e. The summed E-state index contributed by atoms with van der Waals surface area (Å²) in [7, 11) is 0. The maximum absolute atomic E-state index is 11.9. The van der Waals surface area contributed by atoms with Crippen LogP contribution in [0.25, 0.3) is 0 Å². The van der Waals surface area contributed by atoms with Crippen molar-refractivity contribution in [3.05, 3.63) is 30.1 Å². The van der Waals surface area contributed by atoms with Crippen LogP contribution in [0, 0.1) is 0 Å². The highest BCUT2D eigenvalue weighted by molar-refractivity contribution is 6.07. The minimum Gasteiger partial charge on any atom is -0.479 e. The molecule has 1 aliphatic heterocycles. The van der Waals surface area contributed by atoms with E-state index >= 15 is 0 Å². The van der Waals surface area contributed by atoms with E-state index in [9.17, 15) is 19.5 Å². The first kappa shape index (κ1) is 13.2. The average molecular weight is 262 g/mol. The summed E-state index contributed by atoms with van der Waals surface area (Å²) in [5.74, 6) is -1.89. The Kier molecular flexibility index (Phi) is 3.33. The Hall–Kier alpha value is -2.24. The van der Waals surface area contributed by atoms with Crippen molar-refractivity contribution in [1.82, 2.24) is 9.88 Å². The van der Waals surface area contributed by atoms with Gasteiger partial charge in [-0.05, 0) is 18.6 Å². The molecule has 0 aromatic carbocycles. The van der Waals surface area contributed by atoms with Crippen LogP contribution >= 0.6 is 0 Å². The van der Waals surface area contributed by atoms with Gasteiger partial charge in [-0.3, -0.25) is 14.6 Å². The highest BCUT2D eigenvalue weighted by Gasteiger charge is 2.51. The van der Waals surface area contributed by atoms with Gasteiger partial charge in [0.2, 0.25) is 5.91 Å². The highest BCUT2D eigenvalue weighted by Crippen LogP contribution is 2.34. The lowest BCUT2D eigenvalue weighted by atomic mass is 9.89. The van der Waals surface area contributed by atoms with Gasteiger partial charge in [-0.2, -0.15) is 0 Å². The molecule has 0 saturated carbocycles. The molecule has 2 heterocycles. The topological polar surface area (TPSA) is 87.6 Å². The Bertz CT molecular complexity index is 529. The van der Waals surface area contributed by atoms with Gasteiger partial charge in [0, 0.05) is 6.20 Å². The lowest BCUT2D eigenvalue weighted by molar-refractivity contribution is -0.158. The van der Waals surface area contributed by atoms with Gasteiger partial charge in [0.1, 0.15) is 0 Å². The third-order valence-electron chi connectivity index (χ3n) is 3.40. The average Bonchev–Trinajstić information content (AvgIpc) is 2.72. The SMILES string of the molecule is CCC(C(=O)O)(c1ccccn1)N1CC(=O)CC1=O. The fourth-order valence-electron chi connectivity index (χ4n) is 2.43. The first-order chi connectivity index (χ1) is 9.02. The van der Waals surface area contributed by atoms with E-state index in [1.54, 1.807) is 25.1 Å². The number of amides is 1. The van der Waals surface area contributed by atoms with E-state index in [1.165, 1.54) is 6.20 Å². The summed E-state index contributed by atoms with van der Waals surface area (Å²) < 4.78 is 0. The zero-order valence-corrected chi connectivity index (χ0v) is 10.5. The van der Waals surface area contributed by atoms with Crippen molar-refractivity contribution in [2.45, 2.75) is 25.3 Å². The molecule has 6 heteroatoms. The molecule has 1 aromatic heterocycles. The standard InChI is InChI=1S/C13H14N2O4/c1-2-13(12(18)19,10-5-3-4-6-14-10)15-8-9(16)7-11(15)17/h3-6H,2,7-8H2,1H3,(H,18,19). The quantitative estimate of drug-likeness (QED) is 0.802. The van der Waals surface area contributed by atoms with Gasteiger partial charge in [0.25, 0.3) is 0 Å². The number of carboxylic acids is 1. The second-order valence-corrected chi connectivity index (χ2v) is 4.43. The molecule has 1 amide bonds. The number of nitrogens with zero attached hydrogens (tertiary/aromatic N) is 2. The molecular weight excluding hydrogens is 248 g/mol. The van der Waals surface area contributed by atoms with Crippen LogP contribution in [0.15, 0.2) is 24.4 Å². The van der Waals surface area contributed by atoms with Gasteiger partial charge in [-0.1, -0.05) is 13.0 Å². The summed E-state index contributed by atoms with van der Waals surface area (Å²) in [4.78, 5) is 40.2. The molecule has 6 nitrogen and oxygen atoms in total. The molecule has 0 radical (unpaired) electrons. The molecule has 1 atom stereocenters. The van der Waals surface area contributed by atoms with Crippen molar-refractivity contribution < 1.29 is 19.5 Å². The Morgan fingerprint density at radius 3 is 2.63 bits per heavy atom. The molecule has 100 valence electrons. The van der Waals surface area contributed by atoms with Gasteiger partial charge in [-0.25, -0.2) is 4.79 Å². The maximum atomic E-state index is 11.9. The van der Waals surface area contributed by atoms with Crippen molar-refractivity contribution >= 4 is 17.7 Å². The predicted octanol–water partition coefficient (Wildman–Crippen LogP) is 0.573. The normalized spacial score (nSPS) is 18.5. The first-order valence-corrected chi connectivity index (χ1v) is 5.99. The van der Waals surface area contributed by atoms with Crippen LogP contribution in [0.3, 0.4) is 0 Å². The number of likely N-dealkylation sites (tertiary alicyclic amines) is 1. The van der Waals surface area contributed by atoms with Crippen LogP contribution in [0.1, 0.15) is 25.5 Å². The van der Waals surface area contributed by atoms with E-state index in [0.717, 1.165) is 4.90 Å². The van der Waals surface area contributed by atoms with E-state index in [1.807, 2.05) is 0 Å². The summed E-state index contributed by atoms with van der Waals surface area (Å²) in [5, 5.41) is 9.60. The van der Waals surface area contributed by atoms with Crippen LogP contribution < -0.4 is 0 Å². The number of carboxylic acid groups (broad SMARTS) is 1. The van der Waals surface area contributed by atoms with E-state index in [-0.39, 0.29) is 30.9 Å².